The van der Waals surface area contributed by atoms with Crippen LogP contribution in [-0.4, -0.2) is 58.8 Å². The van der Waals surface area contributed by atoms with Crippen LogP contribution in [0.15, 0.2) is 29.2 Å². The molecule has 2 N–H and O–H groups in total. The van der Waals surface area contributed by atoms with Gasteiger partial charge < -0.3 is 15.3 Å². The zero-order valence-corrected chi connectivity index (χ0v) is 16.2. The van der Waals surface area contributed by atoms with Crippen molar-refractivity contribution in [2.75, 3.05) is 25.5 Å². The van der Waals surface area contributed by atoms with Crippen molar-refractivity contribution < 1.29 is 19.5 Å². The number of nitrogens with zero attached hydrogens (tertiary/aromatic N) is 2. The van der Waals surface area contributed by atoms with Gasteiger partial charge in [0.25, 0.3) is 5.91 Å². The number of aliphatic carboxylic acids is 1. The molecule has 1 fully saturated rings. The summed E-state index contributed by atoms with van der Waals surface area (Å²) in [7, 11) is 3.88. The van der Waals surface area contributed by atoms with E-state index in [0.29, 0.717) is 4.91 Å². The largest absolute Gasteiger partial charge is 0.480 e. The standard InChI is InChI=1S/C17H19N3O4S2/c1-10(16(23)24)18-14(21)9-20-15(22)13(26-17(20)25)8-11-4-6-12(7-5-11)19(2)3/h4-8,10H,9H2,1-3H3,(H,18,21)(H,23,24)/b13-8+. The average Bonchev–Trinajstić information content (AvgIpc) is 2.82. The van der Waals surface area contributed by atoms with Gasteiger partial charge in [-0.15, -0.1) is 0 Å². The van der Waals surface area contributed by atoms with E-state index in [0.717, 1.165) is 23.0 Å². The lowest BCUT2D eigenvalue weighted by Gasteiger charge is -2.15. The quantitative estimate of drug-likeness (QED) is 0.560. The average molecular weight is 393 g/mol. The highest BCUT2D eigenvalue weighted by atomic mass is 32.2. The predicted molar refractivity (Wildman–Crippen MR) is 106 cm³/mol. The topological polar surface area (TPSA) is 90.0 Å². The Morgan fingerprint density at radius 2 is 1.96 bits per heavy atom. The number of hydrogen-bond donors (Lipinski definition) is 2. The number of rotatable bonds is 6. The lowest BCUT2D eigenvalue weighted by molar-refractivity contribution is -0.141. The van der Waals surface area contributed by atoms with E-state index >= 15 is 0 Å². The maximum atomic E-state index is 12.5. The van der Waals surface area contributed by atoms with Crippen molar-refractivity contribution >= 4 is 57.8 Å². The van der Waals surface area contributed by atoms with Crippen molar-refractivity contribution in [1.29, 1.82) is 0 Å². The summed E-state index contributed by atoms with van der Waals surface area (Å²) < 4.78 is 0.268. The minimum atomic E-state index is -1.15. The second-order valence-corrected chi connectivity index (χ2v) is 7.56. The highest BCUT2D eigenvalue weighted by Gasteiger charge is 2.33. The fraction of sp³-hybridized carbons (Fsp3) is 0.294. The molecule has 0 aromatic heterocycles. The van der Waals surface area contributed by atoms with Gasteiger partial charge in [-0.3, -0.25) is 19.3 Å². The van der Waals surface area contributed by atoms with E-state index < -0.39 is 17.9 Å². The molecule has 0 aliphatic carbocycles. The Bertz CT molecular complexity index is 775. The Morgan fingerprint density at radius 1 is 1.35 bits per heavy atom. The van der Waals surface area contributed by atoms with E-state index in [9.17, 15) is 14.4 Å². The molecule has 9 heteroatoms. The van der Waals surface area contributed by atoms with Gasteiger partial charge in [-0.2, -0.15) is 0 Å². The first-order valence-electron chi connectivity index (χ1n) is 7.74. The molecule has 1 aliphatic rings. The van der Waals surface area contributed by atoms with E-state index in [2.05, 4.69) is 5.32 Å². The number of carboxylic acids is 1. The van der Waals surface area contributed by atoms with E-state index in [-0.39, 0.29) is 16.8 Å². The van der Waals surface area contributed by atoms with Gasteiger partial charge in [-0.25, -0.2) is 0 Å². The summed E-state index contributed by atoms with van der Waals surface area (Å²) in [5.41, 5.74) is 1.89. The number of carboxylic acid groups (broad SMARTS) is 1. The first kappa shape index (κ1) is 19.9. The van der Waals surface area contributed by atoms with E-state index in [1.807, 2.05) is 43.3 Å². The number of amides is 2. The maximum Gasteiger partial charge on any atom is 0.325 e. The van der Waals surface area contributed by atoms with Crippen molar-refractivity contribution in [3.05, 3.63) is 34.7 Å². The smallest absolute Gasteiger partial charge is 0.325 e. The van der Waals surface area contributed by atoms with Crippen LogP contribution >= 0.6 is 24.0 Å². The third kappa shape index (κ3) is 4.83. The molecule has 0 radical (unpaired) electrons. The molecule has 1 atom stereocenters. The highest BCUT2D eigenvalue weighted by molar-refractivity contribution is 8.26. The Morgan fingerprint density at radius 3 is 2.50 bits per heavy atom. The summed E-state index contributed by atoms with van der Waals surface area (Å²) in [6.07, 6.45) is 1.72. The van der Waals surface area contributed by atoms with Crippen LogP contribution in [0.25, 0.3) is 6.08 Å². The van der Waals surface area contributed by atoms with Gasteiger partial charge in [0.1, 0.15) is 16.9 Å². The molecule has 1 aliphatic heterocycles. The molecule has 2 rings (SSSR count). The van der Waals surface area contributed by atoms with Gasteiger partial charge in [0, 0.05) is 19.8 Å². The van der Waals surface area contributed by atoms with Crippen molar-refractivity contribution in [1.82, 2.24) is 10.2 Å². The molecule has 26 heavy (non-hydrogen) atoms. The molecule has 138 valence electrons. The maximum absolute atomic E-state index is 12.5. The van der Waals surface area contributed by atoms with Crippen molar-refractivity contribution in [3.63, 3.8) is 0 Å². The van der Waals surface area contributed by atoms with Gasteiger partial charge in [-0.05, 0) is 30.7 Å². The Labute approximate surface area is 161 Å². The number of thioether (sulfide) groups is 1. The van der Waals surface area contributed by atoms with E-state index in [4.69, 9.17) is 17.3 Å². The van der Waals surface area contributed by atoms with Crippen LogP contribution in [0.3, 0.4) is 0 Å². The number of carbonyl (C=O) groups excluding carboxylic acids is 2. The lowest BCUT2D eigenvalue weighted by atomic mass is 10.2. The van der Waals surface area contributed by atoms with Crippen LogP contribution in [0.2, 0.25) is 0 Å². The lowest BCUT2D eigenvalue weighted by Crippen LogP contribution is -2.45. The highest BCUT2D eigenvalue weighted by Crippen LogP contribution is 2.32. The van der Waals surface area contributed by atoms with Crippen LogP contribution in [0.4, 0.5) is 5.69 Å². The molecule has 1 saturated heterocycles. The minimum Gasteiger partial charge on any atom is -0.480 e. The molecule has 2 amide bonds. The Hall–Kier alpha value is -2.39. The molecule has 1 aromatic rings. The van der Waals surface area contributed by atoms with Crippen LogP contribution < -0.4 is 10.2 Å². The first-order valence-corrected chi connectivity index (χ1v) is 8.96. The summed E-state index contributed by atoms with van der Waals surface area (Å²) in [5, 5.41) is 11.1. The fourth-order valence-corrected chi connectivity index (χ4v) is 3.40. The van der Waals surface area contributed by atoms with Crippen molar-refractivity contribution in [2.45, 2.75) is 13.0 Å². The van der Waals surface area contributed by atoms with E-state index in [1.165, 1.54) is 11.8 Å². The minimum absolute atomic E-state index is 0.268. The predicted octanol–water partition coefficient (Wildman–Crippen LogP) is 1.54. The Balaban J connectivity index is 2.08. The molecule has 1 aromatic carbocycles. The molecule has 0 saturated carbocycles. The molecular weight excluding hydrogens is 374 g/mol. The zero-order chi connectivity index (χ0) is 19.4. The molecule has 0 spiro atoms. The molecule has 0 bridgehead atoms. The van der Waals surface area contributed by atoms with Gasteiger partial charge in [0.15, 0.2) is 0 Å². The monoisotopic (exact) mass is 393 g/mol. The van der Waals surface area contributed by atoms with Crippen LogP contribution in [0.5, 0.6) is 0 Å². The number of anilines is 1. The van der Waals surface area contributed by atoms with Crippen molar-refractivity contribution in [2.24, 2.45) is 0 Å². The molecular formula is C17H19N3O4S2. The zero-order valence-electron chi connectivity index (χ0n) is 14.6. The third-order valence-corrected chi connectivity index (χ3v) is 5.01. The Kier molecular flexibility index (Phi) is 6.38. The molecule has 1 heterocycles. The summed E-state index contributed by atoms with van der Waals surface area (Å²) in [6.45, 7) is 1.04. The first-order chi connectivity index (χ1) is 12.2. The van der Waals surface area contributed by atoms with Gasteiger partial charge in [0.05, 0.1) is 4.91 Å². The van der Waals surface area contributed by atoms with Crippen LogP contribution in [0.1, 0.15) is 12.5 Å². The number of benzene rings is 1. The van der Waals surface area contributed by atoms with E-state index in [1.54, 1.807) is 6.08 Å². The summed E-state index contributed by atoms with van der Waals surface area (Å²) >= 11 is 6.29. The SMILES string of the molecule is CC(NC(=O)CN1C(=O)/C(=C\c2ccc(N(C)C)cc2)SC1=S)C(=O)O. The molecule has 1 unspecified atom stereocenters. The number of hydrogen-bond acceptors (Lipinski definition) is 6. The van der Waals surface area contributed by atoms with Gasteiger partial charge in [-0.1, -0.05) is 36.1 Å². The number of thiocarbonyl (C=S) groups is 1. The summed E-state index contributed by atoms with van der Waals surface area (Å²) in [4.78, 5) is 38.8. The normalized spacial score (nSPS) is 16.7. The molecule has 7 nitrogen and oxygen atoms in total. The summed E-state index contributed by atoms with van der Waals surface area (Å²) in [5.74, 6) is -2.09. The fourth-order valence-electron chi connectivity index (χ4n) is 2.15. The van der Waals surface area contributed by atoms with Gasteiger partial charge >= 0.3 is 5.97 Å². The second kappa shape index (κ2) is 8.33. The van der Waals surface area contributed by atoms with Crippen LogP contribution in [0, 0.1) is 0 Å². The second-order valence-electron chi connectivity index (χ2n) is 5.88. The van der Waals surface area contributed by atoms with Gasteiger partial charge in [0.2, 0.25) is 5.91 Å². The summed E-state index contributed by atoms with van der Waals surface area (Å²) in [6, 6.07) is 6.62. The van der Waals surface area contributed by atoms with Crippen LogP contribution in [-0.2, 0) is 14.4 Å². The third-order valence-electron chi connectivity index (χ3n) is 3.63. The number of nitrogens with one attached hydrogen (secondary N) is 1. The number of carbonyl (C=O) groups is 3. The van der Waals surface area contributed by atoms with Crippen molar-refractivity contribution in [3.8, 4) is 0 Å².